The number of allylic oxidation sites excluding steroid dienone is 1. The molecule has 2 amide bonds. The number of rotatable bonds is 1. The molecule has 0 aromatic heterocycles. The molecular formula is C6H10N2O4. The lowest BCUT2D eigenvalue weighted by atomic mass is 10.4. The first-order valence-electron chi connectivity index (χ1n) is 3.10. The number of hydrogen-bond donors (Lipinski definition) is 3. The van der Waals surface area contributed by atoms with Gasteiger partial charge in [-0.3, -0.25) is 20.0 Å². The molecule has 68 valence electrons. The third-order valence-electron chi connectivity index (χ3n) is 0.884. The highest BCUT2D eigenvalue weighted by molar-refractivity contribution is 6.34. The van der Waals surface area contributed by atoms with Crippen molar-refractivity contribution in [3.63, 3.8) is 0 Å². The molecule has 0 spiro atoms. The molecule has 12 heavy (non-hydrogen) atoms. The number of hydrogen-bond acceptors (Lipinski definition) is 4. The Morgan fingerprint density at radius 2 is 1.92 bits per heavy atom. The molecule has 0 saturated carbocycles. The second-order valence-corrected chi connectivity index (χ2v) is 2.30. The monoisotopic (exact) mass is 174 g/mol. The normalized spacial score (nSPS) is 8.67. The van der Waals surface area contributed by atoms with Crippen molar-refractivity contribution in [1.82, 2.24) is 10.5 Å². The van der Waals surface area contributed by atoms with Gasteiger partial charge < -0.3 is 0 Å². The number of carbonyl (C=O) groups excluding carboxylic acids is 2. The highest BCUT2D eigenvalue weighted by Gasteiger charge is 2.17. The summed E-state index contributed by atoms with van der Waals surface area (Å²) in [7, 11) is 0. The molecule has 0 aromatic rings. The van der Waals surface area contributed by atoms with E-state index in [1.807, 2.05) is 0 Å². The summed E-state index contributed by atoms with van der Waals surface area (Å²) in [5.41, 5.74) is 1.74. The van der Waals surface area contributed by atoms with E-state index in [4.69, 9.17) is 10.4 Å². The molecule has 0 rings (SSSR count). The topological polar surface area (TPSA) is 89.9 Å². The molecule has 0 atom stereocenters. The molecule has 0 radical (unpaired) electrons. The molecule has 0 saturated heterocycles. The van der Waals surface area contributed by atoms with Gasteiger partial charge in [-0.05, 0) is 13.8 Å². The maximum absolute atomic E-state index is 10.7. The fraction of sp³-hybridized carbons (Fsp3) is 0.333. The lowest BCUT2D eigenvalue weighted by Crippen LogP contribution is -2.37. The number of carbonyl (C=O) groups is 2. The van der Waals surface area contributed by atoms with Crippen LogP contribution < -0.4 is 5.48 Å². The van der Waals surface area contributed by atoms with E-state index >= 15 is 0 Å². The summed E-state index contributed by atoms with van der Waals surface area (Å²) in [5, 5.41) is 16.9. The highest BCUT2D eigenvalue weighted by Crippen LogP contribution is 1.93. The lowest BCUT2D eigenvalue weighted by molar-refractivity contribution is -0.165. The van der Waals surface area contributed by atoms with E-state index in [1.165, 1.54) is 0 Å². The minimum Gasteiger partial charge on any atom is -0.288 e. The quantitative estimate of drug-likeness (QED) is 0.287. The van der Waals surface area contributed by atoms with Gasteiger partial charge in [0.15, 0.2) is 0 Å². The molecule has 0 bridgehead atoms. The predicted molar refractivity (Wildman–Crippen MR) is 38.0 cm³/mol. The fourth-order valence-electron chi connectivity index (χ4n) is 0.455. The van der Waals surface area contributed by atoms with Crippen LogP contribution in [0.4, 0.5) is 0 Å². The van der Waals surface area contributed by atoms with Crippen molar-refractivity contribution in [3.8, 4) is 0 Å². The first kappa shape index (κ1) is 10.6. The van der Waals surface area contributed by atoms with E-state index in [0.717, 1.165) is 11.7 Å². The zero-order chi connectivity index (χ0) is 9.72. The number of hydroxylamine groups is 3. The SMILES string of the molecule is CC(C)=CN(O)C(=O)C(=O)NO. The summed E-state index contributed by atoms with van der Waals surface area (Å²) < 4.78 is 0. The molecule has 0 aliphatic carbocycles. The zero-order valence-electron chi connectivity index (χ0n) is 6.74. The summed E-state index contributed by atoms with van der Waals surface area (Å²) in [5.74, 6) is -2.55. The molecule has 3 N–H and O–H groups in total. The van der Waals surface area contributed by atoms with Crippen LogP contribution >= 0.6 is 0 Å². The van der Waals surface area contributed by atoms with Crippen molar-refractivity contribution < 1.29 is 20.0 Å². The third kappa shape index (κ3) is 3.13. The van der Waals surface area contributed by atoms with Gasteiger partial charge in [-0.25, -0.2) is 5.48 Å². The highest BCUT2D eigenvalue weighted by atomic mass is 16.5. The van der Waals surface area contributed by atoms with Crippen LogP contribution in [0, 0.1) is 0 Å². The lowest BCUT2D eigenvalue weighted by Gasteiger charge is -2.07. The molecule has 0 aromatic carbocycles. The number of nitrogens with zero attached hydrogens (tertiary/aromatic N) is 1. The van der Waals surface area contributed by atoms with Gasteiger partial charge in [-0.15, -0.1) is 0 Å². The van der Waals surface area contributed by atoms with Gasteiger partial charge in [0.05, 0.1) is 0 Å². The molecule has 6 nitrogen and oxygen atoms in total. The molecular weight excluding hydrogens is 164 g/mol. The Balaban J connectivity index is 4.30. The van der Waals surface area contributed by atoms with E-state index in [2.05, 4.69) is 0 Å². The van der Waals surface area contributed by atoms with Crippen LogP contribution in [-0.4, -0.2) is 27.3 Å². The maximum Gasteiger partial charge on any atom is 0.341 e. The largest absolute Gasteiger partial charge is 0.341 e. The van der Waals surface area contributed by atoms with Crippen LogP contribution in [0.15, 0.2) is 11.8 Å². The Kier molecular flexibility index (Phi) is 3.95. The van der Waals surface area contributed by atoms with Crippen molar-refractivity contribution in [2.45, 2.75) is 13.8 Å². The Morgan fingerprint density at radius 1 is 1.42 bits per heavy atom. The van der Waals surface area contributed by atoms with Crippen molar-refractivity contribution in [2.24, 2.45) is 0 Å². The third-order valence-corrected chi connectivity index (χ3v) is 0.884. The Bertz CT molecular complexity index is 220. The summed E-state index contributed by atoms with van der Waals surface area (Å²) in [6, 6.07) is 0. The van der Waals surface area contributed by atoms with Crippen LogP contribution in [-0.2, 0) is 9.59 Å². The molecule has 0 fully saturated rings. The second kappa shape index (κ2) is 4.47. The van der Waals surface area contributed by atoms with E-state index in [0.29, 0.717) is 5.57 Å². The van der Waals surface area contributed by atoms with Gasteiger partial charge in [0.2, 0.25) is 0 Å². The molecule has 6 heteroatoms. The van der Waals surface area contributed by atoms with Gasteiger partial charge in [0.1, 0.15) is 0 Å². The Hall–Kier alpha value is -1.40. The first-order chi connectivity index (χ1) is 5.49. The van der Waals surface area contributed by atoms with Crippen LogP contribution in [0.25, 0.3) is 0 Å². The van der Waals surface area contributed by atoms with Gasteiger partial charge in [0, 0.05) is 6.20 Å². The van der Waals surface area contributed by atoms with Gasteiger partial charge in [0.25, 0.3) is 0 Å². The van der Waals surface area contributed by atoms with Gasteiger partial charge in [-0.1, -0.05) is 5.57 Å². The summed E-state index contributed by atoms with van der Waals surface area (Å²) in [6.07, 6.45) is 1.05. The number of amides is 2. The molecule has 0 aliphatic rings. The molecule has 0 unspecified atom stereocenters. The Labute approximate surface area is 69.0 Å². The average molecular weight is 174 g/mol. The molecule has 0 heterocycles. The van der Waals surface area contributed by atoms with E-state index in [9.17, 15) is 9.59 Å². The number of nitrogens with one attached hydrogen (secondary N) is 1. The van der Waals surface area contributed by atoms with Crippen LogP contribution in [0.2, 0.25) is 0 Å². The summed E-state index contributed by atoms with van der Waals surface area (Å²) >= 11 is 0. The van der Waals surface area contributed by atoms with E-state index in [-0.39, 0.29) is 5.06 Å². The molecule has 0 aliphatic heterocycles. The van der Waals surface area contributed by atoms with Gasteiger partial charge in [-0.2, -0.15) is 5.06 Å². The van der Waals surface area contributed by atoms with Crippen molar-refractivity contribution in [2.75, 3.05) is 0 Å². The minimum atomic E-state index is -1.30. The van der Waals surface area contributed by atoms with E-state index in [1.54, 1.807) is 13.8 Å². The van der Waals surface area contributed by atoms with Crippen molar-refractivity contribution in [3.05, 3.63) is 11.8 Å². The van der Waals surface area contributed by atoms with Crippen LogP contribution in [0.3, 0.4) is 0 Å². The van der Waals surface area contributed by atoms with Crippen LogP contribution in [0.1, 0.15) is 13.8 Å². The smallest absolute Gasteiger partial charge is 0.288 e. The van der Waals surface area contributed by atoms with Crippen molar-refractivity contribution in [1.29, 1.82) is 0 Å². The summed E-state index contributed by atoms with van der Waals surface area (Å²) in [6.45, 7) is 3.26. The fourth-order valence-corrected chi connectivity index (χ4v) is 0.455. The minimum absolute atomic E-state index is 0.0981. The van der Waals surface area contributed by atoms with E-state index < -0.39 is 11.8 Å². The maximum atomic E-state index is 10.7. The zero-order valence-corrected chi connectivity index (χ0v) is 6.74. The summed E-state index contributed by atoms with van der Waals surface area (Å²) in [4.78, 5) is 21.1. The van der Waals surface area contributed by atoms with Crippen LogP contribution in [0.5, 0.6) is 0 Å². The standard InChI is InChI=1S/C6H10N2O4/c1-4(2)3-8(12)6(10)5(9)7-11/h3,11-12H,1-2H3,(H,7,9). The second-order valence-electron chi connectivity index (χ2n) is 2.30. The van der Waals surface area contributed by atoms with Crippen molar-refractivity contribution >= 4 is 11.8 Å². The predicted octanol–water partition coefficient (Wildman–Crippen LogP) is -0.367. The first-order valence-corrected chi connectivity index (χ1v) is 3.10. The average Bonchev–Trinajstić information content (AvgIpc) is 2.00. The van der Waals surface area contributed by atoms with Gasteiger partial charge >= 0.3 is 11.8 Å². The Morgan fingerprint density at radius 3 is 2.25 bits per heavy atom.